The van der Waals surface area contributed by atoms with Gasteiger partial charge in [0, 0.05) is 22.5 Å². The van der Waals surface area contributed by atoms with E-state index in [0.717, 1.165) is 28.6 Å². The second-order valence-electron chi connectivity index (χ2n) is 4.61. The molecule has 0 aliphatic rings. The summed E-state index contributed by atoms with van der Waals surface area (Å²) in [7, 11) is 1.97. The van der Waals surface area contributed by atoms with Gasteiger partial charge in [-0.2, -0.15) is 0 Å². The first kappa shape index (κ1) is 14.4. The maximum Gasteiger partial charge on any atom is 0.0439 e. The van der Waals surface area contributed by atoms with Gasteiger partial charge in [0.25, 0.3) is 0 Å². The molecule has 1 unspecified atom stereocenters. The molecule has 3 heteroatoms. The van der Waals surface area contributed by atoms with Crippen molar-refractivity contribution in [3.8, 4) is 0 Å². The number of benzene rings is 2. The molecule has 0 saturated heterocycles. The van der Waals surface area contributed by atoms with E-state index in [1.165, 1.54) is 5.56 Å². The fourth-order valence-corrected chi connectivity index (χ4v) is 2.63. The van der Waals surface area contributed by atoms with E-state index in [0.29, 0.717) is 5.92 Å². The molecular weight excluding hydrogens is 277 g/mol. The third-order valence-corrected chi connectivity index (χ3v) is 3.80. The first-order valence-corrected chi connectivity index (χ1v) is 7.09. The molecule has 100 valence electrons. The Morgan fingerprint density at radius 3 is 2.47 bits per heavy atom. The van der Waals surface area contributed by atoms with E-state index < -0.39 is 0 Å². The van der Waals surface area contributed by atoms with E-state index in [4.69, 9.17) is 23.2 Å². The van der Waals surface area contributed by atoms with Gasteiger partial charge in [0.2, 0.25) is 0 Å². The van der Waals surface area contributed by atoms with Gasteiger partial charge in [-0.3, -0.25) is 0 Å². The average Bonchev–Trinajstić information content (AvgIpc) is 2.43. The Kier molecular flexibility index (Phi) is 5.26. The van der Waals surface area contributed by atoms with Crippen molar-refractivity contribution in [2.45, 2.75) is 12.3 Å². The van der Waals surface area contributed by atoms with Crippen LogP contribution < -0.4 is 5.32 Å². The SMILES string of the molecule is CNCC(Cc1cc(Cl)ccc1Cl)c1ccccc1. The molecule has 0 aliphatic heterocycles. The quantitative estimate of drug-likeness (QED) is 0.853. The van der Waals surface area contributed by atoms with Crippen LogP contribution in [0, 0.1) is 0 Å². The first-order valence-electron chi connectivity index (χ1n) is 6.34. The van der Waals surface area contributed by atoms with Crippen LogP contribution in [0.4, 0.5) is 0 Å². The third kappa shape index (κ3) is 3.97. The Bertz CT molecular complexity index is 526. The molecule has 0 aliphatic carbocycles. The summed E-state index contributed by atoms with van der Waals surface area (Å²) in [4.78, 5) is 0. The van der Waals surface area contributed by atoms with Crippen LogP contribution in [0.25, 0.3) is 0 Å². The number of halogens is 2. The highest BCUT2D eigenvalue weighted by Gasteiger charge is 2.13. The van der Waals surface area contributed by atoms with Crippen molar-refractivity contribution in [1.29, 1.82) is 0 Å². The summed E-state index contributed by atoms with van der Waals surface area (Å²) in [6.45, 7) is 0.910. The first-order chi connectivity index (χ1) is 9.20. The van der Waals surface area contributed by atoms with E-state index in [1.54, 1.807) is 0 Å². The van der Waals surface area contributed by atoms with Crippen molar-refractivity contribution < 1.29 is 0 Å². The Balaban J connectivity index is 2.24. The molecule has 1 atom stereocenters. The molecule has 0 heterocycles. The fraction of sp³-hybridized carbons (Fsp3) is 0.250. The minimum Gasteiger partial charge on any atom is -0.319 e. The lowest BCUT2D eigenvalue weighted by Gasteiger charge is -2.18. The van der Waals surface area contributed by atoms with E-state index in [9.17, 15) is 0 Å². The molecule has 0 amide bonds. The van der Waals surface area contributed by atoms with Gasteiger partial charge < -0.3 is 5.32 Å². The normalized spacial score (nSPS) is 12.4. The van der Waals surface area contributed by atoms with Gasteiger partial charge in [-0.05, 0) is 42.8 Å². The van der Waals surface area contributed by atoms with E-state index >= 15 is 0 Å². The lowest BCUT2D eigenvalue weighted by molar-refractivity contribution is 0.626. The molecule has 19 heavy (non-hydrogen) atoms. The second-order valence-corrected chi connectivity index (χ2v) is 5.45. The fourth-order valence-electron chi connectivity index (χ4n) is 2.24. The summed E-state index contributed by atoms with van der Waals surface area (Å²) < 4.78 is 0. The van der Waals surface area contributed by atoms with Crippen molar-refractivity contribution in [2.24, 2.45) is 0 Å². The monoisotopic (exact) mass is 293 g/mol. The minimum atomic E-state index is 0.391. The van der Waals surface area contributed by atoms with E-state index in [2.05, 4.69) is 29.6 Å². The molecule has 0 bridgehead atoms. The Morgan fingerprint density at radius 1 is 1.05 bits per heavy atom. The number of hydrogen-bond acceptors (Lipinski definition) is 1. The topological polar surface area (TPSA) is 12.0 Å². The summed E-state index contributed by atoms with van der Waals surface area (Å²) in [6.07, 6.45) is 0.879. The average molecular weight is 294 g/mol. The largest absolute Gasteiger partial charge is 0.319 e. The molecule has 0 aromatic heterocycles. The molecule has 2 rings (SSSR count). The summed E-state index contributed by atoms with van der Waals surface area (Å²) in [5.74, 6) is 0.391. The van der Waals surface area contributed by atoms with Gasteiger partial charge in [-0.25, -0.2) is 0 Å². The number of rotatable bonds is 5. The summed E-state index contributed by atoms with van der Waals surface area (Å²) >= 11 is 12.3. The highest BCUT2D eigenvalue weighted by atomic mass is 35.5. The number of likely N-dealkylation sites (N-methyl/N-ethyl adjacent to an activating group) is 1. The molecular formula is C16H17Cl2N. The number of nitrogens with one attached hydrogen (secondary N) is 1. The van der Waals surface area contributed by atoms with Gasteiger partial charge in [0.05, 0.1) is 0 Å². The summed E-state index contributed by atoms with van der Waals surface area (Å²) in [5.41, 5.74) is 2.41. The zero-order valence-electron chi connectivity index (χ0n) is 10.9. The molecule has 0 fully saturated rings. The lowest BCUT2D eigenvalue weighted by Crippen LogP contribution is -2.19. The van der Waals surface area contributed by atoms with Crippen LogP contribution in [0.5, 0.6) is 0 Å². The van der Waals surface area contributed by atoms with Crippen molar-refractivity contribution in [1.82, 2.24) is 5.32 Å². The van der Waals surface area contributed by atoms with Crippen molar-refractivity contribution in [3.05, 3.63) is 69.7 Å². The van der Waals surface area contributed by atoms with Gasteiger partial charge in [-0.15, -0.1) is 0 Å². The minimum absolute atomic E-state index is 0.391. The number of hydrogen-bond donors (Lipinski definition) is 1. The zero-order valence-corrected chi connectivity index (χ0v) is 12.4. The second kappa shape index (κ2) is 6.95. The Morgan fingerprint density at radius 2 is 1.79 bits per heavy atom. The summed E-state index contributed by atoms with van der Waals surface area (Å²) in [5, 5.41) is 4.76. The smallest absolute Gasteiger partial charge is 0.0439 e. The van der Waals surface area contributed by atoms with Crippen LogP contribution >= 0.6 is 23.2 Å². The van der Waals surface area contributed by atoms with Crippen molar-refractivity contribution >= 4 is 23.2 Å². The molecule has 0 spiro atoms. The molecule has 2 aromatic carbocycles. The molecule has 1 nitrogen and oxygen atoms in total. The predicted molar refractivity (Wildman–Crippen MR) is 83.3 cm³/mol. The highest BCUT2D eigenvalue weighted by molar-refractivity contribution is 6.33. The van der Waals surface area contributed by atoms with Crippen LogP contribution in [0.3, 0.4) is 0 Å². The highest BCUT2D eigenvalue weighted by Crippen LogP contribution is 2.27. The standard InChI is InChI=1S/C16H17Cl2N/c1-19-11-14(12-5-3-2-4-6-12)9-13-10-15(17)7-8-16(13)18/h2-8,10,14,19H,9,11H2,1H3. The van der Waals surface area contributed by atoms with Gasteiger partial charge >= 0.3 is 0 Å². The Labute approximate surface area is 124 Å². The van der Waals surface area contributed by atoms with Crippen LogP contribution in [0.15, 0.2) is 48.5 Å². The summed E-state index contributed by atoms with van der Waals surface area (Å²) in [6, 6.07) is 16.1. The maximum absolute atomic E-state index is 6.25. The maximum atomic E-state index is 6.25. The molecule has 2 aromatic rings. The van der Waals surface area contributed by atoms with Gasteiger partial charge in [0.1, 0.15) is 0 Å². The van der Waals surface area contributed by atoms with Crippen LogP contribution in [0.1, 0.15) is 17.0 Å². The molecule has 0 saturated carbocycles. The van der Waals surface area contributed by atoms with Gasteiger partial charge in [-0.1, -0.05) is 53.5 Å². The molecule has 0 radical (unpaired) electrons. The van der Waals surface area contributed by atoms with Crippen molar-refractivity contribution in [3.63, 3.8) is 0 Å². The zero-order chi connectivity index (χ0) is 13.7. The Hall–Kier alpha value is -1.02. The van der Waals surface area contributed by atoms with Crippen LogP contribution in [-0.2, 0) is 6.42 Å². The van der Waals surface area contributed by atoms with Gasteiger partial charge in [0.15, 0.2) is 0 Å². The molecule has 1 N–H and O–H groups in total. The van der Waals surface area contributed by atoms with Crippen LogP contribution in [0.2, 0.25) is 10.0 Å². The lowest BCUT2D eigenvalue weighted by atomic mass is 9.92. The van der Waals surface area contributed by atoms with Crippen molar-refractivity contribution in [2.75, 3.05) is 13.6 Å². The van der Waals surface area contributed by atoms with E-state index in [1.807, 2.05) is 31.3 Å². The van der Waals surface area contributed by atoms with E-state index in [-0.39, 0.29) is 0 Å². The van der Waals surface area contributed by atoms with Crippen LogP contribution in [-0.4, -0.2) is 13.6 Å². The predicted octanol–water partition coefficient (Wildman–Crippen LogP) is 4.54. The third-order valence-electron chi connectivity index (χ3n) is 3.20.